The molecule has 2 N–H and O–H groups in total. The number of nitrogens with one attached hydrogen (secondary N) is 1. The first-order valence-corrected chi connectivity index (χ1v) is 6.58. The van der Waals surface area contributed by atoms with E-state index in [0.717, 1.165) is 11.3 Å². The van der Waals surface area contributed by atoms with Crippen LogP contribution in [0.5, 0.6) is 5.75 Å². The van der Waals surface area contributed by atoms with Gasteiger partial charge in [0.05, 0.1) is 19.1 Å². The molecule has 5 nitrogen and oxygen atoms in total. The van der Waals surface area contributed by atoms with Crippen molar-refractivity contribution in [3.63, 3.8) is 0 Å². The average Bonchev–Trinajstić information content (AvgIpc) is 2.43. The minimum absolute atomic E-state index is 0.129. The van der Waals surface area contributed by atoms with E-state index in [9.17, 15) is 9.90 Å². The number of hydrogen-bond acceptors (Lipinski definition) is 4. The smallest absolute Gasteiger partial charge is 0.224 e. The van der Waals surface area contributed by atoms with Gasteiger partial charge < -0.3 is 19.9 Å². The van der Waals surface area contributed by atoms with Gasteiger partial charge in [-0.05, 0) is 24.6 Å². The molecular formula is C15H23NO4. The van der Waals surface area contributed by atoms with Crippen molar-refractivity contribution < 1.29 is 19.4 Å². The van der Waals surface area contributed by atoms with Gasteiger partial charge in [-0.15, -0.1) is 0 Å². The number of rotatable bonds is 8. The van der Waals surface area contributed by atoms with E-state index in [2.05, 4.69) is 5.32 Å². The summed E-state index contributed by atoms with van der Waals surface area (Å²) in [6.45, 7) is 2.34. The maximum absolute atomic E-state index is 11.8. The van der Waals surface area contributed by atoms with Crippen molar-refractivity contribution in [2.75, 3.05) is 27.4 Å². The normalized spacial score (nSPS) is 13.6. The molecule has 1 amide bonds. The van der Waals surface area contributed by atoms with E-state index in [-0.39, 0.29) is 18.9 Å². The van der Waals surface area contributed by atoms with Gasteiger partial charge in [0.1, 0.15) is 5.75 Å². The van der Waals surface area contributed by atoms with Crippen LogP contribution in [0.1, 0.15) is 18.9 Å². The van der Waals surface area contributed by atoms with E-state index in [1.54, 1.807) is 21.1 Å². The lowest BCUT2D eigenvalue weighted by atomic mass is 10.0. The Balaban J connectivity index is 2.43. The fraction of sp³-hybridized carbons (Fsp3) is 0.533. The molecule has 0 radical (unpaired) electrons. The molecule has 0 aromatic heterocycles. The van der Waals surface area contributed by atoms with E-state index < -0.39 is 5.60 Å². The first-order chi connectivity index (χ1) is 9.46. The van der Waals surface area contributed by atoms with Crippen LogP contribution in [0, 0.1) is 0 Å². The first kappa shape index (κ1) is 16.5. The maximum atomic E-state index is 11.8. The van der Waals surface area contributed by atoms with Gasteiger partial charge in [-0.3, -0.25) is 4.79 Å². The summed E-state index contributed by atoms with van der Waals surface area (Å²) in [6, 6.07) is 7.36. The fourth-order valence-corrected chi connectivity index (χ4v) is 1.73. The van der Waals surface area contributed by atoms with Gasteiger partial charge in [-0.25, -0.2) is 0 Å². The van der Waals surface area contributed by atoms with Crippen LogP contribution in [0.25, 0.3) is 0 Å². The summed E-state index contributed by atoms with van der Waals surface area (Å²) < 4.78 is 10.0. The number of methoxy groups -OCH3 is 2. The molecule has 0 heterocycles. The lowest BCUT2D eigenvalue weighted by Crippen LogP contribution is -2.41. The zero-order chi connectivity index (χ0) is 15.0. The van der Waals surface area contributed by atoms with Gasteiger partial charge in [0, 0.05) is 26.7 Å². The Hall–Kier alpha value is -1.59. The second-order valence-electron chi connectivity index (χ2n) is 5.04. The molecule has 1 rings (SSSR count). The zero-order valence-corrected chi connectivity index (χ0v) is 12.3. The number of hydrogen-bond donors (Lipinski definition) is 2. The highest BCUT2D eigenvalue weighted by Gasteiger charge is 2.20. The quantitative estimate of drug-likeness (QED) is 0.750. The molecule has 0 saturated carbocycles. The van der Waals surface area contributed by atoms with E-state index in [1.165, 1.54) is 0 Å². The van der Waals surface area contributed by atoms with Crippen LogP contribution in [0.15, 0.2) is 24.3 Å². The van der Waals surface area contributed by atoms with Gasteiger partial charge in [0.2, 0.25) is 5.91 Å². The summed E-state index contributed by atoms with van der Waals surface area (Å²) >= 11 is 0. The summed E-state index contributed by atoms with van der Waals surface area (Å²) in [7, 11) is 3.17. The molecule has 1 unspecified atom stereocenters. The van der Waals surface area contributed by atoms with Crippen LogP contribution in [-0.2, 0) is 16.0 Å². The highest BCUT2D eigenvalue weighted by molar-refractivity contribution is 5.78. The second-order valence-corrected chi connectivity index (χ2v) is 5.04. The first-order valence-electron chi connectivity index (χ1n) is 6.58. The van der Waals surface area contributed by atoms with Gasteiger partial charge in [0.15, 0.2) is 0 Å². The predicted octanol–water partition coefficient (Wildman–Crippen LogP) is 1.14. The van der Waals surface area contributed by atoms with Gasteiger partial charge >= 0.3 is 0 Å². The van der Waals surface area contributed by atoms with Gasteiger partial charge in [-0.2, -0.15) is 0 Å². The van der Waals surface area contributed by atoms with Crippen LogP contribution in [0.4, 0.5) is 0 Å². The van der Waals surface area contributed by atoms with Crippen LogP contribution >= 0.6 is 0 Å². The van der Waals surface area contributed by atoms with Crippen molar-refractivity contribution in [3.8, 4) is 5.75 Å². The Bertz CT molecular complexity index is 432. The van der Waals surface area contributed by atoms with Crippen molar-refractivity contribution in [1.82, 2.24) is 5.32 Å². The van der Waals surface area contributed by atoms with Crippen LogP contribution < -0.4 is 10.1 Å². The lowest BCUT2D eigenvalue weighted by Gasteiger charge is -2.23. The highest BCUT2D eigenvalue weighted by atomic mass is 16.5. The summed E-state index contributed by atoms with van der Waals surface area (Å²) in [6.07, 6.45) is 0.737. The molecule has 0 aliphatic carbocycles. The van der Waals surface area contributed by atoms with E-state index in [0.29, 0.717) is 13.0 Å². The van der Waals surface area contributed by atoms with E-state index in [4.69, 9.17) is 9.47 Å². The molecule has 1 aromatic carbocycles. The minimum Gasteiger partial charge on any atom is -0.497 e. The van der Waals surface area contributed by atoms with Crippen LogP contribution in [0.3, 0.4) is 0 Å². The summed E-state index contributed by atoms with van der Waals surface area (Å²) in [5.74, 6) is 0.596. The zero-order valence-electron chi connectivity index (χ0n) is 12.3. The van der Waals surface area contributed by atoms with Gasteiger partial charge in [0.25, 0.3) is 0 Å². The SMILES string of the molecule is COCCC(C)(O)CNC(=O)Cc1cccc(OC)c1. The molecule has 0 aliphatic heterocycles. The molecule has 1 aromatic rings. The fourth-order valence-electron chi connectivity index (χ4n) is 1.73. The number of carbonyl (C=O) groups is 1. The Morgan fingerprint density at radius 3 is 2.80 bits per heavy atom. The summed E-state index contributed by atoms with van der Waals surface area (Å²) in [5.41, 5.74) is -0.0848. The minimum atomic E-state index is -0.958. The lowest BCUT2D eigenvalue weighted by molar-refractivity contribution is -0.121. The van der Waals surface area contributed by atoms with Gasteiger partial charge in [-0.1, -0.05) is 12.1 Å². The molecule has 20 heavy (non-hydrogen) atoms. The molecule has 0 spiro atoms. The number of aliphatic hydroxyl groups is 1. The van der Waals surface area contributed by atoms with E-state index >= 15 is 0 Å². The van der Waals surface area contributed by atoms with Crippen molar-refractivity contribution in [1.29, 1.82) is 0 Å². The second kappa shape index (κ2) is 7.87. The topological polar surface area (TPSA) is 67.8 Å². The number of amides is 1. The molecule has 112 valence electrons. The van der Waals surface area contributed by atoms with Crippen LogP contribution in [0.2, 0.25) is 0 Å². The molecule has 0 bridgehead atoms. The third-order valence-electron chi connectivity index (χ3n) is 3.01. The average molecular weight is 281 g/mol. The standard InChI is InChI=1S/C15H23NO4/c1-15(18,7-8-19-2)11-16-14(17)10-12-5-4-6-13(9-12)20-3/h4-6,9,18H,7-8,10-11H2,1-3H3,(H,16,17). The van der Waals surface area contributed by atoms with Crippen LogP contribution in [-0.4, -0.2) is 44.0 Å². The highest BCUT2D eigenvalue weighted by Crippen LogP contribution is 2.13. The third-order valence-corrected chi connectivity index (χ3v) is 3.01. The molecular weight excluding hydrogens is 258 g/mol. The molecule has 0 saturated heterocycles. The Morgan fingerprint density at radius 2 is 2.15 bits per heavy atom. The summed E-state index contributed by atoms with van der Waals surface area (Å²) in [5, 5.41) is 12.8. The maximum Gasteiger partial charge on any atom is 0.224 e. The van der Waals surface area contributed by atoms with E-state index in [1.807, 2.05) is 24.3 Å². The molecule has 0 aliphatic rings. The summed E-state index contributed by atoms with van der Waals surface area (Å²) in [4.78, 5) is 11.8. The monoisotopic (exact) mass is 281 g/mol. The Labute approximate surface area is 119 Å². The molecule has 0 fully saturated rings. The third kappa shape index (κ3) is 6.04. The van der Waals surface area contributed by atoms with Crippen molar-refractivity contribution in [2.45, 2.75) is 25.4 Å². The molecule has 5 heteroatoms. The predicted molar refractivity (Wildman–Crippen MR) is 76.8 cm³/mol. The number of ether oxygens (including phenoxy) is 2. The van der Waals surface area contributed by atoms with Crippen molar-refractivity contribution >= 4 is 5.91 Å². The van der Waals surface area contributed by atoms with Crippen molar-refractivity contribution in [3.05, 3.63) is 29.8 Å². The Morgan fingerprint density at radius 1 is 1.40 bits per heavy atom. The Kier molecular flexibility index (Phi) is 6.48. The number of benzene rings is 1. The van der Waals surface area contributed by atoms with Crippen molar-refractivity contribution in [2.24, 2.45) is 0 Å². The number of carbonyl (C=O) groups excluding carboxylic acids is 1. The largest absolute Gasteiger partial charge is 0.497 e. The molecule has 1 atom stereocenters.